The number of hydrogen-bond acceptors (Lipinski definition) is 2. The van der Waals surface area contributed by atoms with Gasteiger partial charge in [-0.1, -0.05) is 64.7 Å². The highest BCUT2D eigenvalue weighted by atomic mass is 28.3. The van der Waals surface area contributed by atoms with Crippen LogP contribution in [0.3, 0.4) is 0 Å². The highest BCUT2D eigenvalue weighted by Gasteiger charge is 2.25. The summed E-state index contributed by atoms with van der Waals surface area (Å²) in [6.07, 6.45) is 3.17. The van der Waals surface area contributed by atoms with Crippen LogP contribution in [0.15, 0.2) is 53.1 Å². The molecule has 0 radical (unpaired) electrons. The molecule has 2 aromatic heterocycles. The summed E-state index contributed by atoms with van der Waals surface area (Å²) < 4.78 is 6.46. The molecule has 0 saturated carbocycles. The highest BCUT2D eigenvalue weighted by Crippen LogP contribution is 2.37. The van der Waals surface area contributed by atoms with Gasteiger partial charge in [0.05, 0.1) is 13.8 Å². The summed E-state index contributed by atoms with van der Waals surface area (Å²) in [7, 11) is -1.54. The number of aryl methyl sites for hydroxylation is 1. The minimum Gasteiger partial charge on any atom is -0.455 e. The summed E-state index contributed by atoms with van der Waals surface area (Å²) in [4.78, 5) is 4.85. The van der Waals surface area contributed by atoms with E-state index in [1.54, 1.807) is 0 Å². The van der Waals surface area contributed by atoms with Crippen LogP contribution in [0.1, 0.15) is 44.2 Å². The maximum absolute atomic E-state index is 6.46. The van der Waals surface area contributed by atoms with Crippen LogP contribution in [0.2, 0.25) is 19.6 Å². The largest absolute Gasteiger partial charge is 0.455 e. The molecule has 2 nitrogen and oxygen atoms in total. The van der Waals surface area contributed by atoms with Gasteiger partial charge in [-0.15, -0.1) is 0 Å². The second-order valence-corrected chi connectivity index (χ2v) is 14.9. The summed E-state index contributed by atoms with van der Waals surface area (Å²) in [5.74, 6) is 1.14. The SMILES string of the molecule is CCC(c1cc(-c2ccc([Si](C)(C)C)c3c2oc2ccccc23)ncc1C)C(C)C. The van der Waals surface area contributed by atoms with Gasteiger partial charge in [0.1, 0.15) is 11.2 Å². The molecule has 2 aromatic carbocycles. The molecule has 0 bridgehead atoms. The average Bonchev–Trinajstić information content (AvgIpc) is 3.08. The van der Waals surface area contributed by atoms with E-state index in [0.29, 0.717) is 11.8 Å². The van der Waals surface area contributed by atoms with Gasteiger partial charge in [0.2, 0.25) is 0 Å². The Morgan fingerprint density at radius 3 is 2.43 bits per heavy atom. The second-order valence-electron chi connectivity index (χ2n) is 9.90. The zero-order valence-electron chi connectivity index (χ0n) is 19.3. The van der Waals surface area contributed by atoms with E-state index in [2.05, 4.69) is 89.8 Å². The number of pyridine rings is 1. The normalized spacial score (nSPS) is 13.5. The van der Waals surface area contributed by atoms with Crippen molar-refractivity contribution in [3.8, 4) is 11.3 Å². The van der Waals surface area contributed by atoms with Gasteiger partial charge in [-0.3, -0.25) is 4.98 Å². The third kappa shape index (κ3) is 3.49. The first kappa shape index (κ1) is 20.9. The molecule has 0 aliphatic rings. The maximum atomic E-state index is 6.46. The molecule has 0 saturated heterocycles. The lowest BCUT2D eigenvalue weighted by molar-refractivity contribution is 0.483. The molecule has 0 fully saturated rings. The molecular weight excluding hydrogens is 382 g/mol. The summed E-state index contributed by atoms with van der Waals surface area (Å²) in [5.41, 5.74) is 6.75. The van der Waals surface area contributed by atoms with Gasteiger partial charge in [0.25, 0.3) is 0 Å². The number of rotatable bonds is 5. The summed E-state index contributed by atoms with van der Waals surface area (Å²) in [5, 5.41) is 3.95. The molecule has 156 valence electrons. The van der Waals surface area contributed by atoms with E-state index in [9.17, 15) is 0 Å². The average molecular weight is 416 g/mol. The maximum Gasteiger partial charge on any atom is 0.144 e. The Bertz CT molecular complexity index is 1210. The standard InChI is InChI=1S/C27H33NOSi/c1-8-19(17(2)3)22-15-23(28-16-18(22)4)20-13-14-25(30(5,6)7)26-21-11-9-10-12-24(21)29-27(20)26/h9-17,19H,8H2,1-7H3. The number of para-hydroxylation sites is 1. The Hall–Kier alpha value is -2.39. The number of benzene rings is 2. The fourth-order valence-corrected chi connectivity index (χ4v) is 6.37. The molecule has 2 heterocycles. The number of hydrogen-bond donors (Lipinski definition) is 0. The molecule has 1 atom stereocenters. The van der Waals surface area contributed by atoms with Crippen LogP contribution in [0, 0.1) is 12.8 Å². The minimum absolute atomic E-state index is 0.541. The van der Waals surface area contributed by atoms with E-state index in [1.807, 2.05) is 6.20 Å². The quantitative estimate of drug-likeness (QED) is 0.313. The van der Waals surface area contributed by atoms with Gasteiger partial charge in [-0.25, -0.2) is 0 Å². The van der Waals surface area contributed by atoms with E-state index in [4.69, 9.17) is 9.40 Å². The number of aromatic nitrogens is 1. The number of fused-ring (bicyclic) bond motifs is 3. The van der Waals surface area contributed by atoms with E-state index in [0.717, 1.165) is 28.8 Å². The van der Waals surface area contributed by atoms with Gasteiger partial charge >= 0.3 is 0 Å². The molecule has 0 aliphatic heterocycles. The first-order valence-corrected chi connectivity index (χ1v) is 14.6. The molecule has 4 rings (SSSR count). The first-order valence-electron chi connectivity index (χ1n) is 11.1. The molecule has 0 amide bonds. The Morgan fingerprint density at radius 1 is 1.03 bits per heavy atom. The molecule has 4 aromatic rings. The lowest BCUT2D eigenvalue weighted by Gasteiger charge is -2.22. The zero-order chi connectivity index (χ0) is 21.6. The zero-order valence-corrected chi connectivity index (χ0v) is 20.3. The van der Waals surface area contributed by atoms with Crippen LogP contribution in [-0.4, -0.2) is 13.1 Å². The van der Waals surface area contributed by atoms with E-state index in [1.165, 1.54) is 27.1 Å². The van der Waals surface area contributed by atoms with Crippen LogP contribution < -0.4 is 5.19 Å². The van der Waals surface area contributed by atoms with Crippen LogP contribution in [-0.2, 0) is 0 Å². The van der Waals surface area contributed by atoms with Crippen molar-refractivity contribution in [3.63, 3.8) is 0 Å². The molecule has 1 unspecified atom stereocenters. The van der Waals surface area contributed by atoms with Crippen LogP contribution in [0.25, 0.3) is 33.2 Å². The van der Waals surface area contributed by atoms with Crippen molar-refractivity contribution in [2.24, 2.45) is 5.92 Å². The van der Waals surface area contributed by atoms with Gasteiger partial charge in [-0.2, -0.15) is 0 Å². The molecule has 30 heavy (non-hydrogen) atoms. The van der Waals surface area contributed by atoms with Gasteiger partial charge in [-0.05, 0) is 59.7 Å². The number of furan rings is 1. The first-order chi connectivity index (χ1) is 14.2. The Labute approximate surface area is 181 Å². The summed E-state index contributed by atoms with van der Waals surface area (Å²) >= 11 is 0. The van der Waals surface area contributed by atoms with Crippen molar-refractivity contribution in [1.82, 2.24) is 4.98 Å². The van der Waals surface area contributed by atoms with Gasteiger partial charge in [0, 0.05) is 22.5 Å². The van der Waals surface area contributed by atoms with Crippen molar-refractivity contribution in [2.45, 2.75) is 59.7 Å². The van der Waals surface area contributed by atoms with Crippen LogP contribution >= 0.6 is 0 Å². The van der Waals surface area contributed by atoms with E-state index in [-0.39, 0.29) is 0 Å². The molecule has 0 aliphatic carbocycles. The lowest BCUT2D eigenvalue weighted by atomic mass is 9.84. The van der Waals surface area contributed by atoms with Crippen LogP contribution in [0.5, 0.6) is 0 Å². The third-order valence-electron chi connectivity index (χ3n) is 6.40. The number of nitrogens with zero attached hydrogens (tertiary/aromatic N) is 1. The Morgan fingerprint density at radius 2 is 1.77 bits per heavy atom. The van der Waals surface area contributed by atoms with E-state index >= 15 is 0 Å². The molecule has 0 N–H and O–H groups in total. The van der Waals surface area contributed by atoms with Crippen molar-refractivity contribution >= 4 is 35.2 Å². The third-order valence-corrected chi connectivity index (χ3v) is 8.43. The lowest BCUT2D eigenvalue weighted by Crippen LogP contribution is -2.37. The minimum atomic E-state index is -1.54. The fraction of sp³-hybridized carbons (Fsp3) is 0.370. The van der Waals surface area contributed by atoms with E-state index < -0.39 is 8.07 Å². The van der Waals surface area contributed by atoms with Gasteiger partial charge < -0.3 is 4.42 Å². The topological polar surface area (TPSA) is 26.0 Å². The van der Waals surface area contributed by atoms with Crippen molar-refractivity contribution in [3.05, 3.63) is 59.8 Å². The fourth-order valence-electron chi connectivity index (χ4n) is 4.79. The second kappa shape index (κ2) is 7.70. The van der Waals surface area contributed by atoms with Crippen molar-refractivity contribution in [2.75, 3.05) is 0 Å². The predicted molar refractivity (Wildman–Crippen MR) is 133 cm³/mol. The molecule has 0 spiro atoms. The Balaban J connectivity index is 2.01. The molecule has 3 heteroatoms. The predicted octanol–water partition coefficient (Wildman–Crippen LogP) is 7.65. The summed E-state index contributed by atoms with van der Waals surface area (Å²) in [6.45, 7) is 16.3. The monoisotopic (exact) mass is 415 g/mol. The molecular formula is C27H33NOSi. The Kier molecular flexibility index (Phi) is 5.35. The van der Waals surface area contributed by atoms with Crippen molar-refractivity contribution in [1.29, 1.82) is 0 Å². The van der Waals surface area contributed by atoms with Gasteiger partial charge in [0.15, 0.2) is 0 Å². The smallest absolute Gasteiger partial charge is 0.144 e. The van der Waals surface area contributed by atoms with Crippen LogP contribution in [0.4, 0.5) is 0 Å². The highest BCUT2D eigenvalue weighted by molar-refractivity contribution is 6.90. The van der Waals surface area contributed by atoms with Crippen molar-refractivity contribution < 1.29 is 4.42 Å². The summed E-state index contributed by atoms with van der Waals surface area (Å²) in [6, 6.07) is 15.3.